The standard InChI is InChI=1S/C14H15ClN4O/c1-8(2)13-17-7-10(15)12(19-13)14(20)18-11-5-4-9(3)6-16-11/h4-8H,1-3H3,(H,16,18,20). The smallest absolute Gasteiger partial charge is 0.277 e. The first-order chi connectivity index (χ1) is 9.47. The monoisotopic (exact) mass is 290 g/mol. The first-order valence-corrected chi connectivity index (χ1v) is 6.61. The fraction of sp³-hybridized carbons (Fsp3) is 0.286. The number of carbonyl (C=O) groups is 1. The first kappa shape index (κ1) is 14.4. The van der Waals surface area contributed by atoms with Gasteiger partial charge < -0.3 is 5.32 Å². The Morgan fingerprint density at radius 1 is 1.25 bits per heavy atom. The number of halogens is 1. The summed E-state index contributed by atoms with van der Waals surface area (Å²) in [5.41, 5.74) is 1.18. The third-order valence-corrected chi connectivity index (χ3v) is 2.92. The Morgan fingerprint density at radius 3 is 2.60 bits per heavy atom. The molecule has 0 saturated heterocycles. The van der Waals surface area contributed by atoms with Gasteiger partial charge >= 0.3 is 0 Å². The maximum atomic E-state index is 12.2. The summed E-state index contributed by atoms with van der Waals surface area (Å²) in [5, 5.41) is 2.89. The van der Waals surface area contributed by atoms with Crippen molar-refractivity contribution >= 4 is 23.3 Å². The molecule has 0 aromatic carbocycles. The van der Waals surface area contributed by atoms with Crippen molar-refractivity contribution in [2.45, 2.75) is 26.7 Å². The van der Waals surface area contributed by atoms with E-state index in [1.54, 1.807) is 12.3 Å². The highest BCUT2D eigenvalue weighted by Gasteiger charge is 2.16. The van der Waals surface area contributed by atoms with Crippen LogP contribution in [-0.2, 0) is 0 Å². The van der Waals surface area contributed by atoms with E-state index in [1.165, 1.54) is 6.20 Å². The molecule has 0 saturated carbocycles. The molecule has 0 unspecified atom stereocenters. The minimum Gasteiger partial charge on any atom is -0.305 e. The van der Waals surface area contributed by atoms with E-state index in [1.807, 2.05) is 26.8 Å². The maximum absolute atomic E-state index is 12.2. The van der Waals surface area contributed by atoms with E-state index >= 15 is 0 Å². The topological polar surface area (TPSA) is 67.8 Å². The summed E-state index contributed by atoms with van der Waals surface area (Å²) in [5.74, 6) is 0.768. The molecule has 0 aliphatic rings. The Morgan fingerprint density at radius 2 is 2.00 bits per heavy atom. The molecule has 6 heteroatoms. The third-order valence-electron chi connectivity index (χ3n) is 2.65. The predicted octanol–water partition coefficient (Wildman–Crippen LogP) is 3.21. The quantitative estimate of drug-likeness (QED) is 0.942. The number of pyridine rings is 1. The molecule has 1 amide bonds. The summed E-state index contributed by atoms with van der Waals surface area (Å²) in [6.07, 6.45) is 3.12. The zero-order valence-corrected chi connectivity index (χ0v) is 12.3. The summed E-state index contributed by atoms with van der Waals surface area (Å²) >= 11 is 5.98. The van der Waals surface area contributed by atoms with Gasteiger partial charge in [0.1, 0.15) is 11.6 Å². The van der Waals surface area contributed by atoms with Gasteiger partial charge in [-0.15, -0.1) is 0 Å². The minimum atomic E-state index is -0.393. The molecule has 2 rings (SSSR count). The summed E-state index contributed by atoms with van der Waals surface area (Å²) in [4.78, 5) is 24.6. The highest BCUT2D eigenvalue weighted by atomic mass is 35.5. The lowest BCUT2D eigenvalue weighted by atomic mass is 10.2. The SMILES string of the molecule is Cc1ccc(NC(=O)c2nc(C(C)C)ncc2Cl)nc1. The van der Waals surface area contributed by atoms with Crippen molar-refractivity contribution < 1.29 is 4.79 Å². The fourth-order valence-corrected chi connectivity index (χ4v) is 1.71. The van der Waals surface area contributed by atoms with E-state index in [2.05, 4.69) is 20.3 Å². The summed E-state index contributed by atoms with van der Waals surface area (Å²) in [6.45, 7) is 5.83. The Kier molecular flexibility index (Phi) is 4.29. The second-order valence-electron chi connectivity index (χ2n) is 4.75. The number of anilines is 1. The van der Waals surface area contributed by atoms with Gasteiger partial charge in [0, 0.05) is 12.1 Å². The molecule has 5 nitrogen and oxygen atoms in total. The summed E-state index contributed by atoms with van der Waals surface area (Å²) < 4.78 is 0. The van der Waals surface area contributed by atoms with E-state index in [-0.39, 0.29) is 16.6 Å². The number of carbonyl (C=O) groups excluding carboxylic acids is 1. The first-order valence-electron chi connectivity index (χ1n) is 6.24. The molecular formula is C14H15ClN4O. The Hall–Kier alpha value is -2.01. The lowest BCUT2D eigenvalue weighted by Gasteiger charge is -2.08. The average molecular weight is 291 g/mol. The Labute approximate surface area is 122 Å². The van der Waals surface area contributed by atoms with Crippen LogP contribution < -0.4 is 5.32 Å². The molecule has 1 N–H and O–H groups in total. The number of rotatable bonds is 3. The largest absolute Gasteiger partial charge is 0.305 e. The van der Waals surface area contributed by atoms with Crippen molar-refractivity contribution in [1.82, 2.24) is 15.0 Å². The normalized spacial score (nSPS) is 10.7. The van der Waals surface area contributed by atoms with Gasteiger partial charge in [-0.2, -0.15) is 0 Å². The van der Waals surface area contributed by atoms with Crippen LogP contribution in [0.4, 0.5) is 5.82 Å². The van der Waals surface area contributed by atoms with Gasteiger partial charge in [0.25, 0.3) is 5.91 Å². The van der Waals surface area contributed by atoms with Crippen LogP contribution in [0.5, 0.6) is 0 Å². The van der Waals surface area contributed by atoms with Crippen LogP contribution in [0.2, 0.25) is 5.02 Å². The van der Waals surface area contributed by atoms with Gasteiger partial charge in [-0.05, 0) is 18.6 Å². The highest BCUT2D eigenvalue weighted by Crippen LogP contribution is 2.17. The summed E-state index contributed by atoms with van der Waals surface area (Å²) in [7, 11) is 0. The van der Waals surface area contributed by atoms with Crippen molar-refractivity contribution in [3.8, 4) is 0 Å². The molecule has 2 aromatic rings. The molecular weight excluding hydrogens is 276 g/mol. The second-order valence-corrected chi connectivity index (χ2v) is 5.16. The zero-order chi connectivity index (χ0) is 14.7. The number of hydrogen-bond acceptors (Lipinski definition) is 4. The number of hydrogen-bond donors (Lipinski definition) is 1. The molecule has 0 aliphatic carbocycles. The van der Waals surface area contributed by atoms with Gasteiger partial charge in [-0.25, -0.2) is 15.0 Å². The lowest BCUT2D eigenvalue weighted by Crippen LogP contribution is -2.17. The highest BCUT2D eigenvalue weighted by molar-refractivity contribution is 6.33. The van der Waals surface area contributed by atoms with E-state index < -0.39 is 5.91 Å². The van der Waals surface area contributed by atoms with Crippen molar-refractivity contribution in [1.29, 1.82) is 0 Å². The van der Waals surface area contributed by atoms with Crippen LogP contribution >= 0.6 is 11.6 Å². The van der Waals surface area contributed by atoms with E-state index in [0.29, 0.717) is 11.6 Å². The minimum absolute atomic E-state index is 0.122. The van der Waals surface area contributed by atoms with Gasteiger partial charge in [0.15, 0.2) is 5.69 Å². The van der Waals surface area contributed by atoms with Gasteiger partial charge in [0.05, 0.1) is 11.2 Å². The van der Waals surface area contributed by atoms with E-state index in [0.717, 1.165) is 5.56 Å². The van der Waals surface area contributed by atoms with Crippen molar-refractivity contribution in [3.63, 3.8) is 0 Å². The molecule has 0 radical (unpaired) electrons. The maximum Gasteiger partial charge on any atom is 0.277 e. The van der Waals surface area contributed by atoms with Crippen LogP contribution in [0, 0.1) is 6.92 Å². The third kappa shape index (κ3) is 3.30. The number of aryl methyl sites for hydroxylation is 1. The Bertz CT molecular complexity index is 626. The molecule has 0 bridgehead atoms. The molecule has 0 aliphatic heterocycles. The molecule has 2 aromatic heterocycles. The Balaban J connectivity index is 2.24. The molecule has 20 heavy (non-hydrogen) atoms. The van der Waals surface area contributed by atoms with Gasteiger partial charge in [0.2, 0.25) is 0 Å². The van der Waals surface area contributed by atoms with E-state index in [9.17, 15) is 4.79 Å². The lowest BCUT2D eigenvalue weighted by molar-refractivity contribution is 0.102. The number of nitrogens with zero attached hydrogens (tertiary/aromatic N) is 3. The van der Waals surface area contributed by atoms with Crippen LogP contribution in [0.25, 0.3) is 0 Å². The van der Waals surface area contributed by atoms with Crippen LogP contribution in [0.15, 0.2) is 24.5 Å². The molecule has 0 spiro atoms. The molecule has 2 heterocycles. The van der Waals surface area contributed by atoms with Crippen LogP contribution in [-0.4, -0.2) is 20.9 Å². The summed E-state index contributed by atoms with van der Waals surface area (Å²) in [6, 6.07) is 3.59. The molecule has 104 valence electrons. The predicted molar refractivity (Wildman–Crippen MR) is 78.1 cm³/mol. The van der Waals surface area contributed by atoms with Crippen molar-refractivity contribution in [2.75, 3.05) is 5.32 Å². The van der Waals surface area contributed by atoms with Crippen LogP contribution in [0.3, 0.4) is 0 Å². The second kappa shape index (κ2) is 5.96. The number of nitrogens with one attached hydrogen (secondary N) is 1. The molecule has 0 fully saturated rings. The van der Waals surface area contributed by atoms with Gasteiger partial charge in [-0.3, -0.25) is 4.79 Å². The number of aromatic nitrogens is 3. The zero-order valence-electron chi connectivity index (χ0n) is 11.5. The van der Waals surface area contributed by atoms with Crippen molar-refractivity contribution in [2.24, 2.45) is 0 Å². The fourth-order valence-electron chi connectivity index (χ4n) is 1.54. The number of amides is 1. The van der Waals surface area contributed by atoms with Crippen molar-refractivity contribution in [3.05, 3.63) is 46.6 Å². The van der Waals surface area contributed by atoms with Gasteiger partial charge in [-0.1, -0.05) is 31.5 Å². The van der Waals surface area contributed by atoms with E-state index in [4.69, 9.17) is 11.6 Å². The molecule has 0 atom stereocenters. The average Bonchev–Trinajstić information content (AvgIpc) is 2.41. The van der Waals surface area contributed by atoms with Crippen LogP contribution in [0.1, 0.15) is 41.6 Å².